The van der Waals surface area contributed by atoms with Crippen LogP contribution in [0.5, 0.6) is 0 Å². The zero-order valence-electron chi connectivity index (χ0n) is 13.6. The van der Waals surface area contributed by atoms with Gasteiger partial charge in [0, 0.05) is 0 Å². The summed E-state index contributed by atoms with van der Waals surface area (Å²) in [7, 11) is -2.83. The fourth-order valence-electron chi connectivity index (χ4n) is 1.86. The van der Waals surface area contributed by atoms with Gasteiger partial charge in [0.1, 0.15) is 0 Å². The molecule has 3 nitrogen and oxygen atoms in total. The van der Waals surface area contributed by atoms with E-state index in [-0.39, 0.29) is 0 Å². The molecule has 1 aliphatic rings. The van der Waals surface area contributed by atoms with E-state index in [1.54, 1.807) is 0 Å². The third-order valence-electron chi connectivity index (χ3n) is 3.13. The molecule has 0 radical (unpaired) electrons. The van der Waals surface area contributed by atoms with Crippen molar-refractivity contribution in [2.45, 2.75) is 40.5 Å². The van der Waals surface area contributed by atoms with Crippen LogP contribution in [0.1, 0.15) is 40.5 Å². The molecule has 0 N–H and O–H groups in total. The van der Waals surface area contributed by atoms with E-state index in [0.29, 0.717) is 19.4 Å². The number of rotatable bonds is 7. The molecule has 1 heterocycles. The average Bonchev–Trinajstić information content (AvgIpc) is 2.83. The van der Waals surface area contributed by atoms with Crippen molar-refractivity contribution in [3.63, 3.8) is 0 Å². The predicted octanol–water partition coefficient (Wildman–Crippen LogP) is 5.42. The summed E-state index contributed by atoms with van der Waals surface area (Å²) in [4.78, 5) is 0. The number of hydrogen-bond acceptors (Lipinski definition) is 3. The molecule has 1 saturated heterocycles. The summed E-state index contributed by atoms with van der Waals surface area (Å²) >= 11 is 0. The molecule has 1 fully saturated rings. The van der Waals surface area contributed by atoms with E-state index in [9.17, 15) is 4.57 Å². The standard InChI is InChI=1S/C17H27O3P/c1-15(2)7-5-8-16(3)9-6-10-17(4)11-14-21(18)19-12-13-20-21/h6-7,9-11H,5,8,12-14H2,1-4H3/b10-6+,16-9+,17-11+. The highest BCUT2D eigenvalue weighted by molar-refractivity contribution is 7.54. The van der Waals surface area contributed by atoms with E-state index in [0.717, 1.165) is 18.4 Å². The Kier molecular flexibility index (Phi) is 7.95. The topological polar surface area (TPSA) is 35.5 Å². The van der Waals surface area contributed by atoms with E-state index in [1.165, 1.54) is 11.1 Å². The minimum absolute atomic E-state index is 0.354. The van der Waals surface area contributed by atoms with E-state index in [4.69, 9.17) is 9.05 Å². The van der Waals surface area contributed by atoms with Crippen LogP contribution >= 0.6 is 7.60 Å². The smallest absolute Gasteiger partial charge is 0.306 e. The maximum atomic E-state index is 11.9. The van der Waals surface area contributed by atoms with E-state index >= 15 is 0 Å². The Labute approximate surface area is 129 Å². The molecular formula is C17H27O3P. The molecule has 1 aliphatic heterocycles. The molecule has 0 spiro atoms. The Morgan fingerprint density at radius 3 is 2.38 bits per heavy atom. The highest BCUT2D eigenvalue weighted by Gasteiger charge is 2.28. The van der Waals surface area contributed by atoms with Gasteiger partial charge in [-0.1, -0.05) is 47.1 Å². The van der Waals surface area contributed by atoms with Crippen LogP contribution in [0.25, 0.3) is 0 Å². The Morgan fingerprint density at radius 2 is 1.76 bits per heavy atom. The lowest BCUT2D eigenvalue weighted by molar-refractivity contribution is 0.355. The van der Waals surface area contributed by atoms with Gasteiger partial charge in [0.2, 0.25) is 0 Å². The molecular weight excluding hydrogens is 283 g/mol. The van der Waals surface area contributed by atoms with Gasteiger partial charge in [-0.2, -0.15) is 0 Å². The van der Waals surface area contributed by atoms with E-state index < -0.39 is 7.60 Å². The zero-order valence-corrected chi connectivity index (χ0v) is 14.5. The Balaban J connectivity index is 2.40. The largest absolute Gasteiger partial charge is 0.334 e. The molecule has 0 saturated carbocycles. The zero-order chi connectivity index (χ0) is 15.7. The molecule has 1 rings (SSSR count). The summed E-state index contributed by atoms with van der Waals surface area (Å²) in [6, 6.07) is 0. The number of hydrogen-bond donors (Lipinski definition) is 0. The lowest BCUT2D eigenvalue weighted by Gasteiger charge is -2.05. The molecule has 0 aromatic rings. The molecule has 0 aromatic heterocycles. The monoisotopic (exact) mass is 310 g/mol. The van der Waals surface area contributed by atoms with Gasteiger partial charge in [-0.25, -0.2) is 0 Å². The lowest BCUT2D eigenvalue weighted by atomic mass is 10.1. The average molecular weight is 310 g/mol. The van der Waals surface area contributed by atoms with Gasteiger partial charge in [0.05, 0.1) is 19.4 Å². The lowest BCUT2D eigenvalue weighted by Crippen LogP contribution is -1.86. The summed E-state index contributed by atoms with van der Waals surface area (Å²) in [5, 5.41) is 0. The maximum Gasteiger partial charge on any atom is 0.334 e. The van der Waals surface area contributed by atoms with Gasteiger partial charge in [0.15, 0.2) is 0 Å². The van der Waals surface area contributed by atoms with Crippen LogP contribution < -0.4 is 0 Å². The first-order valence-electron chi connectivity index (χ1n) is 7.43. The molecule has 0 aliphatic carbocycles. The van der Waals surface area contributed by atoms with Crippen molar-refractivity contribution in [2.75, 3.05) is 19.4 Å². The molecule has 0 bridgehead atoms. The molecule has 21 heavy (non-hydrogen) atoms. The van der Waals surface area contributed by atoms with Crippen LogP contribution in [0.15, 0.2) is 47.1 Å². The molecule has 4 heteroatoms. The van der Waals surface area contributed by atoms with Gasteiger partial charge in [-0.3, -0.25) is 4.57 Å². The van der Waals surface area contributed by atoms with Crippen molar-refractivity contribution in [3.8, 4) is 0 Å². The molecule has 118 valence electrons. The van der Waals surface area contributed by atoms with Crippen molar-refractivity contribution >= 4 is 7.60 Å². The van der Waals surface area contributed by atoms with Gasteiger partial charge in [0.25, 0.3) is 0 Å². The van der Waals surface area contributed by atoms with Crippen LogP contribution in [-0.2, 0) is 13.6 Å². The fourth-order valence-corrected chi connectivity index (χ4v) is 3.36. The van der Waals surface area contributed by atoms with Crippen LogP contribution in [0.2, 0.25) is 0 Å². The van der Waals surface area contributed by atoms with Crippen LogP contribution in [0, 0.1) is 0 Å². The summed E-state index contributed by atoms with van der Waals surface area (Å²) < 4.78 is 22.2. The van der Waals surface area contributed by atoms with Crippen molar-refractivity contribution < 1.29 is 13.6 Å². The second-order valence-electron chi connectivity index (χ2n) is 5.60. The minimum atomic E-state index is -2.83. The first-order valence-corrected chi connectivity index (χ1v) is 9.16. The Bertz CT molecular complexity index is 484. The van der Waals surface area contributed by atoms with E-state index in [2.05, 4.69) is 32.9 Å². The van der Waals surface area contributed by atoms with Crippen molar-refractivity contribution in [3.05, 3.63) is 47.1 Å². The first-order chi connectivity index (χ1) is 9.91. The highest BCUT2D eigenvalue weighted by atomic mass is 31.2. The molecule has 0 amide bonds. The van der Waals surface area contributed by atoms with Crippen molar-refractivity contribution in [1.29, 1.82) is 0 Å². The SMILES string of the molecule is CC(C)=CCC/C(C)=C/C=C/C(C)=C/CP1(=O)OCCO1. The minimum Gasteiger partial charge on any atom is -0.306 e. The molecule has 0 atom stereocenters. The fraction of sp³-hybridized carbons (Fsp3) is 0.529. The summed E-state index contributed by atoms with van der Waals surface area (Å²) in [6.45, 7) is 9.25. The van der Waals surface area contributed by atoms with Gasteiger partial charge in [-0.15, -0.1) is 0 Å². The van der Waals surface area contributed by atoms with Crippen LogP contribution in [-0.4, -0.2) is 19.4 Å². The Hall–Kier alpha value is -0.890. The molecule has 0 aromatic carbocycles. The van der Waals surface area contributed by atoms with Crippen LogP contribution in [0.3, 0.4) is 0 Å². The quantitative estimate of drug-likeness (QED) is 0.358. The van der Waals surface area contributed by atoms with Crippen LogP contribution in [0.4, 0.5) is 0 Å². The predicted molar refractivity (Wildman–Crippen MR) is 89.7 cm³/mol. The Morgan fingerprint density at radius 1 is 1.10 bits per heavy atom. The summed E-state index contributed by atoms with van der Waals surface area (Å²) in [5.74, 6) is 0. The van der Waals surface area contributed by atoms with Gasteiger partial charge in [-0.05, 0) is 40.5 Å². The third-order valence-corrected chi connectivity index (χ3v) is 4.91. The second kappa shape index (κ2) is 9.19. The van der Waals surface area contributed by atoms with Gasteiger partial charge < -0.3 is 9.05 Å². The van der Waals surface area contributed by atoms with Crippen molar-refractivity contribution in [2.24, 2.45) is 0 Å². The summed E-state index contributed by atoms with van der Waals surface area (Å²) in [5.41, 5.74) is 3.79. The second-order valence-corrected chi connectivity index (χ2v) is 7.70. The maximum absolute atomic E-state index is 11.9. The van der Waals surface area contributed by atoms with E-state index in [1.807, 2.05) is 25.2 Å². The summed E-state index contributed by atoms with van der Waals surface area (Å²) in [6.07, 6.45) is 12.9. The first kappa shape index (κ1) is 18.2. The number of allylic oxidation sites excluding steroid dienone is 8. The normalized spacial score (nSPS) is 19.2. The highest BCUT2D eigenvalue weighted by Crippen LogP contribution is 2.51. The molecule has 0 unspecified atom stereocenters. The van der Waals surface area contributed by atoms with Crippen molar-refractivity contribution in [1.82, 2.24) is 0 Å². The van der Waals surface area contributed by atoms with Gasteiger partial charge >= 0.3 is 7.60 Å². The third kappa shape index (κ3) is 8.21.